The molecule has 5 rings (SSSR count). The number of fused-ring (bicyclic) bond motifs is 1. The minimum Gasteiger partial charge on any atom is -0.404 e. The molecule has 0 N–H and O–H groups in total. The normalized spacial score (nSPS) is 26.5. The molecule has 4 heterocycles. The predicted molar refractivity (Wildman–Crippen MR) is 113 cm³/mol. The fourth-order valence-electron chi connectivity index (χ4n) is 5.34. The summed E-state index contributed by atoms with van der Waals surface area (Å²) in [5.41, 5.74) is 1.37. The first-order chi connectivity index (χ1) is 15.7. The SMILES string of the molecule is CC1CN(c2cc(C3CN(C(=O)N4CC[C@@H]5OCC(=O)C[C@@H]5C4)C3)ccc2OC(F)(F)F)C1. The number of Topliss-reactive ketones (excluding diaryl/α,β-unsaturated/α-hetero) is 1. The maximum absolute atomic E-state index is 13.0. The Morgan fingerprint density at radius 1 is 1.12 bits per heavy atom. The standard InChI is InChI=1S/C23H28F3N3O4/c1-14-8-28(9-14)19-7-15(2-3-21(19)33-23(24,25)26)17-11-29(12-17)22(31)27-5-4-20-16(10-27)6-18(30)13-32-20/h2-3,7,14,16-17,20H,4-6,8-13H2,1H3/t16-,20+/m1/s1. The number of amides is 2. The van der Waals surface area contributed by atoms with Crippen LogP contribution in [0, 0.1) is 11.8 Å². The van der Waals surface area contributed by atoms with Crippen molar-refractivity contribution in [1.29, 1.82) is 0 Å². The topological polar surface area (TPSA) is 62.3 Å². The maximum atomic E-state index is 13.0. The molecule has 0 saturated carbocycles. The van der Waals surface area contributed by atoms with E-state index in [4.69, 9.17) is 4.74 Å². The zero-order chi connectivity index (χ0) is 23.3. The van der Waals surface area contributed by atoms with Crippen LogP contribution in [-0.2, 0) is 9.53 Å². The van der Waals surface area contributed by atoms with Crippen molar-refractivity contribution in [1.82, 2.24) is 9.80 Å². The fraction of sp³-hybridized carbons (Fsp3) is 0.652. The van der Waals surface area contributed by atoms with Crippen molar-refractivity contribution in [2.75, 3.05) is 50.8 Å². The summed E-state index contributed by atoms with van der Waals surface area (Å²) in [6, 6.07) is 4.78. The van der Waals surface area contributed by atoms with E-state index < -0.39 is 6.36 Å². The van der Waals surface area contributed by atoms with Gasteiger partial charge in [-0.1, -0.05) is 13.0 Å². The maximum Gasteiger partial charge on any atom is 0.573 e. The van der Waals surface area contributed by atoms with Gasteiger partial charge in [0.1, 0.15) is 6.61 Å². The van der Waals surface area contributed by atoms with E-state index in [2.05, 4.69) is 11.7 Å². The second-order valence-electron chi connectivity index (χ2n) is 9.76. The lowest BCUT2D eigenvalue weighted by molar-refractivity contribution is -0.274. The van der Waals surface area contributed by atoms with E-state index in [-0.39, 0.29) is 42.1 Å². The summed E-state index contributed by atoms with van der Waals surface area (Å²) in [5.74, 6) is 0.461. The molecule has 0 aliphatic carbocycles. The number of rotatable bonds is 3. The molecule has 180 valence electrons. The van der Waals surface area contributed by atoms with Gasteiger partial charge in [0.2, 0.25) is 0 Å². The monoisotopic (exact) mass is 467 g/mol. The number of alkyl halides is 3. The Bertz CT molecular complexity index is 928. The van der Waals surface area contributed by atoms with Crippen LogP contribution in [0.1, 0.15) is 31.2 Å². The van der Waals surface area contributed by atoms with E-state index in [1.54, 1.807) is 21.9 Å². The second-order valence-corrected chi connectivity index (χ2v) is 9.76. The van der Waals surface area contributed by atoms with E-state index >= 15 is 0 Å². The molecule has 7 nitrogen and oxygen atoms in total. The van der Waals surface area contributed by atoms with Gasteiger partial charge in [0.15, 0.2) is 11.5 Å². The van der Waals surface area contributed by atoms with Crippen LogP contribution in [0.2, 0.25) is 0 Å². The molecule has 1 aromatic carbocycles. The molecule has 33 heavy (non-hydrogen) atoms. The molecule has 4 fully saturated rings. The number of piperidine rings is 1. The predicted octanol–water partition coefficient (Wildman–Crippen LogP) is 3.24. The first-order valence-electron chi connectivity index (χ1n) is 11.5. The molecular formula is C23H28F3N3O4. The quantitative estimate of drug-likeness (QED) is 0.683. The fourth-order valence-corrected chi connectivity index (χ4v) is 5.34. The second kappa shape index (κ2) is 8.38. The number of halogens is 3. The number of hydrogen-bond acceptors (Lipinski definition) is 5. The number of ketones is 1. The first-order valence-corrected chi connectivity index (χ1v) is 11.5. The highest BCUT2D eigenvalue weighted by atomic mass is 19.4. The number of benzene rings is 1. The third-order valence-electron chi connectivity index (χ3n) is 7.12. The van der Waals surface area contributed by atoms with Crippen molar-refractivity contribution >= 4 is 17.5 Å². The van der Waals surface area contributed by atoms with E-state index in [0.29, 0.717) is 57.3 Å². The van der Waals surface area contributed by atoms with E-state index in [9.17, 15) is 22.8 Å². The van der Waals surface area contributed by atoms with Gasteiger partial charge in [0, 0.05) is 57.5 Å². The van der Waals surface area contributed by atoms with Crippen LogP contribution >= 0.6 is 0 Å². The van der Waals surface area contributed by atoms with Crippen molar-refractivity contribution in [2.24, 2.45) is 11.8 Å². The summed E-state index contributed by atoms with van der Waals surface area (Å²) in [7, 11) is 0. The number of anilines is 1. The molecule has 0 spiro atoms. The highest BCUT2D eigenvalue weighted by Gasteiger charge is 2.41. The molecule has 4 aliphatic rings. The lowest BCUT2D eigenvalue weighted by Gasteiger charge is -2.46. The van der Waals surface area contributed by atoms with E-state index in [1.807, 2.05) is 4.90 Å². The van der Waals surface area contributed by atoms with Crippen LogP contribution in [0.25, 0.3) is 0 Å². The zero-order valence-electron chi connectivity index (χ0n) is 18.5. The largest absolute Gasteiger partial charge is 0.573 e. The molecule has 4 aliphatic heterocycles. The number of nitrogens with zero attached hydrogens (tertiary/aromatic N) is 3. The Morgan fingerprint density at radius 2 is 1.88 bits per heavy atom. The van der Waals surface area contributed by atoms with Crippen LogP contribution in [0.5, 0.6) is 5.75 Å². The summed E-state index contributed by atoms with van der Waals surface area (Å²) in [4.78, 5) is 30.1. The van der Waals surface area contributed by atoms with Gasteiger partial charge < -0.3 is 24.2 Å². The minimum atomic E-state index is -4.74. The number of urea groups is 1. The summed E-state index contributed by atoms with van der Waals surface area (Å²) in [6.45, 7) is 5.79. The van der Waals surface area contributed by atoms with Gasteiger partial charge in [-0.3, -0.25) is 4.79 Å². The highest BCUT2D eigenvalue weighted by molar-refractivity contribution is 5.81. The first kappa shape index (κ1) is 22.3. The molecule has 4 saturated heterocycles. The molecule has 2 amide bonds. The lowest BCUT2D eigenvalue weighted by Crippen LogP contribution is -2.58. The molecular weight excluding hydrogens is 439 g/mol. The Labute approximate surface area is 190 Å². The average Bonchev–Trinajstić information content (AvgIpc) is 2.69. The van der Waals surface area contributed by atoms with Gasteiger partial charge in [-0.25, -0.2) is 4.79 Å². The summed E-state index contributed by atoms with van der Waals surface area (Å²) >= 11 is 0. The molecule has 0 radical (unpaired) electrons. The Kier molecular flexibility index (Phi) is 5.66. The van der Waals surface area contributed by atoms with Gasteiger partial charge in [-0.05, 0) is 30.0 Å². The van der Waals surface area contributed by atoms with Gasteiger partial charge in [-0.2, -0.15) is 0 Å². The van der Waals surface area contributed by atoms with E-state index in [1.165, 1.54) is 6.07 Å². The van der Waals surface area contributed by atoms with Crippen molar-refractivity contribution in [3.05, 3.63) is 23.8 Å². The molecule has 2 atom stereocenters. The molecule has 0 bridgehead atoms. The summed E-state index contributed by atoms with van der Waals surface area (Å²) in [5, 5.41) is 0. The number of hydrogen-bond donors (Lipinski definition) is 0. The average molecular weight is 467 g/mol. The van der Waals surface area contributed by atoms with Crippen molar-refractivity contribution < 1.29 is 32.2 Å². The smallest absolute Gasteiger partial charge is 0.404 e. The van der Waals surface area contributed by atoms with Gasteiger partial charge in [0.25, 0.3) is 0 Å². The summed E-state index contributed by atoms with van der Waals surface area (Å²) < 4.78 is 48.4. The van der Waals surface area contributed by atoms with Crippen molar-refractivity contribution in [3.63, 3.8) is 0 Å². The van der Waals surface area contributed by atoms with Crippen LogP contribution in [-0.4, -0.2) is 80.0 Å². The third-order valence-corrected chi connectivity index (χ3v) is 7.12. The molecule has 10 heteroatoms. The van der Waals surface area contributed by atoms with Crippen molar-refractivity contribution in [3.8, 4) is 5.75 Å². The Balaban J connectivity index is 1.22. The van der Waals surface area contributed by atoms with Crippen LogP contribution in [0.3, 0.4) is 0 Å². The summed E-state index contributed by atoms with van der Waals surface area (Å²) in [6.07, 6.45) is -3.50. The lowest BCUT2D eigenvalue weighted by atomic mass is 9.87. The number of carbonyl (C=O) groups excluding carboxylic acids is 2. The van der Waals surface area contributed by atoms with Gasteiger partial charge >= 0.3 is 12.4 Å². The third kappa shape index (κ3) is 4.62. The Hall–Kier alpha value is -2.49. The number of likely N-dealkylation sites (tertiary alicyclic amines) is 2. The van der Waals surface area contributed by atoms with Crippen molar-refractivity contribution in [2.45, 2.75) is 38.1 Å². The molecule has 0 unspecified atom stereocenters. The van der Waals surface area contributed by atoms with Crippen LogP contribution in [0.4, 0.5) is 23.7 Å². The van der Waals surface area contributed by atoms with Gasteiger partial charge in [-0.15, -0.1) is 13.2 Å². The van der Waals surface area contributed by atoms with Crippen LogP contribution in [0.15, 0.2) is 18.2 Å². The van der Waals surface area contributed by atoms with Gasteiger partial charge in [0.05, 0.1) is 11.8 Å². The van der Waals surface area contributed by atoms with E-state index in [0.717, 1.165) is 12.0 Å². The Morgan fingerprint density at radius 3 is 2.58 bits per heavy atom. The minimum absolute atomic E-state index is 0.0449. The zero-order valence-corrected chi connectivity index (χ0v) is 18.5. The number of ether oxygens (including phenoxy) is 2. The molecule has 0 aromatic heterocycles. The number of carbonyl (C=O) groups is 2. The van der Waals surface area contributed by atoms with Crippen LogP contribution < -0.4 is 9.64 Å². The highest BCUT2D eigenvalue weighted by Crippen LogP contribution is 2.40. The molecule has 1 aromatic rings.